The van der Waals surface area contributed by atoms with Gasteiger partial charge in [-0.2, -0.15) is 5.10 Å². The quantitative estimate of drug-likeness (QED) is 0.674. The van der Waals surface area contributed by atoms with E-state index in [-0.39, 0.29) is 11.8 Å². The Morgan fingerprint density at radius 3 is 2.75 bits per heavy atom. The first kappa shape index (κ1) is 19.1. The summed E-state index contributed by atoms with van der Waals surface area (Å²) in [5.74, 6) is 3.04. The summed E-state index contributed by atoms with van der Waals surface area (Å²) in [6.45, 7) is 12.1. The van der Waals surface area contributed by atoms with Crippen LogP contribution in [0.3, 0.4) is 0 Å². The monoisotopic (exact) mass is 400 g/mol. The van der Waals surface area contributed by atoms with Crippen molar-refractivity contribution in [2.24, 2.45) is 5.92 Å². The second-order valence-corrected chi connectivity index (χ2v) is 8.83. The maximum Gasteiger partial charge on any atom is 0.227 e. The average molecular weight is 401 g/mol. The molecule has 150 valence electrons. The number of carbonyl (C=O) groups excluding carboxylic acids is 1. The molecule has 7 nitrogen and oxygen atoms in total. The van der Waals surface area contributed by atoms with Crippen molar-refractivity contribution in [3.8, 4) is 0 Å². The number of thiazole rings is 1. The summed E-state index contributed by atoms with van der Waals surface area (Å²) in [6.07, 6.45) is 2.11. The highest BCUT2D eigenvalue weighted by molar-refractivity contribution is 7.15. The fourth-order valence-corrected chi connectivity index (χ4v) is 5.41. The van der Waals surface area contributed by atoms with Crippen molar-refractivity contribution >= 4 is 22.1 Å². The Hall–Kier alpha value is -2.22. The van der Waals surface area contributed by atoms with E-state index in [4.69, 9.17) is 4.98 Å². The smallest absolute Gasteiger partial charge is 0.227 e. The van der Waals surface area contributed by atoms with E-state index in [0.717, 1.165) is 49.1 Å². The van der Waals surface area contributed by atoms with Gasteiger partial charge in [0.15, 0.2) is 0 Å². The summed E-state index contributed by atoms with van der Waals surface area (Å²) in [6, 6.07) is 0. The fraction of sp³-hybridized carbons (Fsp3) is 0.600. The molecule has 1 aliphatic heterocycles. The van der Waals surface area contributed by atoms with Crippen molar-refractivity contribution in [3.05, 3.63) is 34.2 Å². The van der Waals surface area contributed by atoms with E-state index in [9.17, 15) is 4.79 Å². The molecule has 3 aromatic rings. The number of nitrogens with zero attached hydrogens (tertiary/aromatic N) is 6. The van der Waals surface area contributed by atoms with E-state index in [1.54, 1.807) is 11.3 Å². The first-order valence-corrected chi connectivity index (χ1v) is 10.8. The Bertz CT molecular complexity index is 1020. The van der Waals surface area contributed by atoms with Gasteiger partial charge < -0.3 is 4.90 Å². The molecule has 0 bridgehead atoms. The number of imidazole rings is 1. The Balaban J connectivity index is 1.50. The Kier molecular flexibility index (Phi) is 4.99. The van der Waals surface area contributed by atoms with E-state index in [1.807, 2.05) is 30.4 Å². The number of aryl methyl sites for hydroxylation is 4. The molecule has 0 aliphatic carbocycles. The molecule has 0 N–H and O–H groups in total. The standard InChI is InChI=1S/C20H28N6OS/c1-12(9-25-15(4)21-14(3)23-25)19(27)24-8-6-7-17(10-24)18-20-26(16(5)22-18)13(2)11-28-20/h11-12,17H,6-10H2,1-5H3/t12-,17+/m1/s1. The third-order valence-electron chi connectivity index (χ3n) is 5.67. The number of likely N-dealkylation sites (tertiary alicyclic amines) is 1. The molecule has 28 heavy (non-hydrogen) atoms. The Morgan fingerprint density at radius 2 is 2.04 bits per heavy atom. The van der Waals surface area contributed by atoms with E-state index < -0.39 is 0 Å². The number of hydrogen-bond acceptors (Lipinski definition) is 5. The SMILES string of the molecule is Cc1nc(C)n(C[C@@H](C)C(=O)N2CCC[C@H](c3nc(C)n4c(C)csc34)C2)n1. The minimum absolute atomic E-state index is 0.119. The number of piperidine rings is 1. The van der Waals surface area contributed by atoms with Crippen LogP contribution in [-0.2, 0) is 11.3 Å². The molecule has 0 unspecified atom stereocenters. The number of hydrogen-bond donors (Lipinski definition) is 0. The number of fused-ring (bicyclic) bond motifs is 1. The van der Waals surface area contributed by atoms with Gasteiger partial charge in [-0.15, -0.1) is 11.3 Å². The zero-order valence-electron chi connectivity index (χ0n) is 17.3. The van der Waals surface area contributed by atoms with Crippen molar-refractivity contribution in [3.63, 3.8) is 0 Å². The molecule has 1 saturated heterocycles. The predicted octanol–water partition coefficient (Wildman–Crippen LogP) is 3.26. The van der Waals surface area contributed by atoms with Crippen LogP contribution in [0, 0.1) is 33.6 Å². The van der Waals surface area contributed by atoms with Crippen LogP contribution in [0.4, 0.5) is 0 Å². The van der Waals surface area contributed by atoms with E-state index in [2.05, 4.69) is 33.7 Å². The molecule has 0 radical (unpaired) electrons. The molecule has 0 aromatic carbocycles. The molecular weight excluding hydrogens is 372 g/mol. The van der Waals surface area contributed by atoms with Crippen LogP contribution < -0.4 is 0 Å². The molecule has 3 aromatic heterocycles. The molecule has 1 aliphatic rings. The Morgan fingerprint density at radius 1 is 1.25 bits per heavy atom. The summed E-state index contributed by atoms with van der Waals surface area (Å²) in [5.41, 5.74) is 2.38. The number of aromatic nitrogens is 5. The van der Waals surface area contributed by atoms with Crippen molar-refractivity contribution < 1.29 is 4.79 Å². The minimum atomic E-state index is -0.119. The molecule has 0 saturated carbocycles. The molecule has 2 atom stereocenters. The van der Waals surface area contributed by atoms with E-state index in [0.29, 0.717) is 12.5 Å². The summed E-state index contributed by atoms with van der Waals surface area (Å²) in [5, 5.41) is 6.59. The molecule has 0 spiro atoms. The number of carbonyl (C=O) groups is 1. The summed E-state index contributed by atoms with van der Waals surface area (Å²) >= 11 is 1.76. The lowest BCUT2D eigenvalue weighted by molar-refractivity contribution is -0.136. The van der Waals surface area contributed by atoms with Crippen molar-refractivity contribution in [2.75, 3.05) is 13.1 Å². The molecule has 1 fully saturated rings. The van der Waals surface area contributed by atoms with Gasteiger partial charge >= 0.3 is 0 Å². The first-order valence-electron chi connectivity index (χ1n) is 9.95. The van der Waals surface area contributed by atoms with Crippen LogP contribution in [0.2, 0.25) is 0 Å². The normalized spacial score (nSPS) is 18.8. The summed E-state index contributed by atoms with van der Waals surface area (Å²) in [4.78, 5) is 25.6. The van der Waals surface area contributed by atoms with Crippen LogP contribution >= 0.6 is 11.3 Å². The molecule has 8 heteroatoms. The second-order valence-electron chi connectivity index (χ2n) is 7.97. The maximum atomic E-state index is 13.1. The third-order valence-corrected chi connectivity index (χ3v) is 6.75. The Labute approximate surface area is 169 Å². The van der Waals surface area contributed by atoms with Crippen molar-refractivity contribution in [2.45, 2.75) is 59.9 Å². The zero-order valence-corrected chi connectivity index (χ0v) is 18.1. The third kappa shape index (κ3) is 3.34. The highest BCUT2D eigenvalue weighted by Gasteiger charge is 2.31. The highest BCUT2D eigenvalue weighted by atomic mass is 32.1. The zero-order chi connectivity index (χ0) is 20.0. The molecule has 4 rings (SSSR count). The summed E-state index contributed by atoms with van der Waals surface area (Å²) < 4.78 is 4.08. The maximum absolute atomic E-state index is 13.1. The average Bonchev–Trinajstić information content (AvgIpc) is 3.31. The lowest BCUT2D eigenvalue weighted by Crippen LogP contribution is -2.42. The highest BCUT2D eigenvalue weighted by Crippen LogP contribution is 2.33. The fourth-order valence-electron chi connectivity index (χ4n) is 4.31. The van der Waals surface area contributed by atoms with Crippen molar-refractivity contribution in [1.82, 2.24) is 29.0 Å². The minimum Gasteiger partial charge on any atom is -0.342 e. The first-order chi connectivity index (χ1) is 13.3. The van der Waals surface area contributed by atoms with Gasteiger partial charge in [-0.1, -0.05) is 6.92 Å². The predicted molar refractivity (Wildman–Crippen MR) is 110 cm³/mol. The van der Waals surface area contributed by atoms with Crippen LogP contribution in [0.25, 0.3) is 4.83 Å². The summed E-state index contributed by atoms with van der Waals surface area (Å²) in [7, 11) is 0. The largest absolute Gasteiger partial charge is 0.342 e. The van der Waals surface area contributed by atoms with Gasteiger partial charge in [-0.3, -0.25) is 9.20 Å². The number of amides is 1. The van der Waals surface area contributed by atoms with Crippen LogP contribution in [0.15, 0.2) is 5.38 Å². The van der Waals surface area contributed by atoms with Crippen molar-refractivity contribution in [1.29, 1.82) is 0 Å². The lowest BCUT2D eigenvalue weighted by Gasteiger charge is -2.33. The second kappa shape index (κ2) is 7.31. The van der Waals surface area contributed by atoms with Gasteiger partial charge in [0.1, 0.15) is 22.3 Å². The topological polar surface area (TPSA) is 68.3 Å². The van der Waals surface area contributed by atoms with Crippen LogP contribution in [0.5, 0.6) is 0 Å². The van der Waals surface area contributed by atoms with E-state index in [1.165, 1.54) is 10.5 Å². The molecule has 4 heterocycles. The molecule has 1 amide bonds. The van der Waals surface area contributed by atoms with E-state index >= 15 is 0 Å². The number of rotatable bonds is 4. The van der Waals surface area contributed by atoms with Crippen LogP contribution in [0.1, 0.15) is 54.5 Å². The van der Waals surface area contributed by atoms with Gasteiger partial charge in [0.05, 0.1) is 18.2 Å². The van der Waals surface area contributed by atoms with Gasteiger partial charge in [-0.05, 0) is 40.5 Å². The van der Waals surface area contributed by atoms with Gasteiger partial charge in [0.2, 0.25) is 5.91 Å². The molecular formula is C20H28N6OS. The van der Waals surface area contributed by atoms with Crippen LogP contribution in [-0.4, -0.2) is 48.0 Å². The lowest BCUT2D eigenvalue weighted by atomic mass is 9.94. The van der Waals surface area contributed by atoms with Gasteiger partial charge in [-0.25, -0.2) is 14.6 Å². The van der Waals surface area contributed by atoms with Gasteiger partial charge in [0.25, 0.3) is 0 Å². The van der Waals surface area contributed by atoms with Gasteiger partial charge in [0, 0.05) is 30.1 Å².